The lowest BCUT2D eigenvalue weighted by molar-refractivity contribution is -0.116. The van der Waals surface area contributed by atoms with Crippen molar-refractivity contribution in [3.8, 4) is 23.0 Å². The Balaban J connectivity index is 1.46. The largest absolute Gasteiger partial charge is 0.332 e. The third kappa shape index (κ3) is 4.10. The van der Waals surface area contributed by atoms with Crippen LogP contribution in [0.3, 0.4) is 0 Å². The van der Waals surface area contributed by atoms with Gasteiger partial charge in [-0.25, -0.2) is 4.39 Å². The zero-order valence-electron chi connectivity index (χ0n) is 18.0. The minimum absolute atomic E-state index is 0.0315. The van der Waals surface area contributed by atoms with Gasteiger partial charge in [0.15, 0.2) is 5.69 Å². The first-order valence-corrected chi connectivity index (χ1v) is 10.4. The molecule has 5 aromatic rings. The molecule has 1 N–H and O–H groups in total. The highest BCUT2D eigenvalue weighted by atomic mass is 19.1. The molecule has 2 heterocycles. The lowest BCUT2D eigenvalue weighted by atomic mass is 10.1. The maximum atomic E-state index is 13.4. The summed E-state index contributed by atoms with van der Waals surface area (Å²) in [5, 5.41) is 12.3. The Labute approximate surface area is 188 Å². The van der Waals surface area contributed by atoms with Crippen molar-refractivity contribution in [1.29, 1.82) is 0 Å². The van der Waals surface area contributed by atoms with Gasteiger partial charge in [0.05, 0.1) is 5.52 Å². The zero-order chi connectivity index (χ0) is 22.9. The molecule has 0 spiro atoms. The standard InChI is InChI=1S/C25H20FN5O2/c1-15-6-5-7-17(12-15)24-28-25(33-30-24)23-19-8-3-4-9-21(19)31(29-23)14-22(32)27-20-11-10-18(26)13-16(20)2/h3-13H,14H2,1-2H3,(H,27,32). The van der Waals surface area contributed by atoms with Gasteiger partial charge in [0.2, 0.25) is 11.7 Å². The molecule has 0 unspecified atom stereocenters. The number of carbonyl (C=O) groups excluding carboxylic acids is 1. The summed E-state index contributed by atoms with van der Waals surface area (Å²) in [5.41, 5.74) is 4.40. The number of fused-ring (bicyclic) bond motifs is 1. The fourth-order valence-electron chi connectivity index (χ4n) is 3.72. The highest BCUT2D eigenvalue weighted by molar-refractivity contribution is 5.95. The van der Waals surface area contributed by atoms with Gasteiger partial charge in [-0.1, -0.05) is 47.1 Å². The van der Waals surface area contributed by atoms with Crippen LogP contribution in [0, 0.1) is 19.7 Å². The van der Waals surface area contributed by atoms with Crippen LogP contribution in [0.2, 0.25) is 0 Å². The van der Waals surface area contributed by atoms with Crippen molar-refractivity contribution in [2.45, 2.75) is 20.4 Å². The lowest BCUT2D eigenvalue weighted by Crippen LogP contribution is -2.20. The van der Waals surface area contributed by atoms with Crippen molar-refractivity contribution in [1.82, 2.24) is 19.9 Å². The molecule has 3 aromatic carbocycles. The van der Waals surface area contributed by atoms with Crippen molar-refractivity contribution >= 4 is 22.5 Å². The number of para-hydroxylation sites is 1. The van der Waals surface area contributed by atoms with Crippen molar-refractivity contribution < 1.29 is 13.7 Å². The molecule has 0 saturated carbocycles. The van der Waals surface area contributed by atoms with Crippen LogP contribution in [0.15, 0.2) is 71.3 Å². The summed E-state index contributed by atoms with van der Waals surface area (Å²) in [6.45, 7) is 3.70. The first-order valence-electron chi connectivity index (χ1n) is 10.4. The van der Waals surface area contributed by atoms with E-state index in [0.717, 1.165) is 22.0 Å². The Bertz CT molecular complexity index is 1490. The van der Waals surface area contributed by atoms with E-state index in [1.165, 1.54) is 12.1 Å². The third-order valence-electron chi connectivity index (χ3n) is 5.32. The van der Waals surface area contributed by atoms with Gasteiger partial charge in [-0.15, -0.1) is 0 Å². The Hall–Kier alpha value is -4.33. The Kier molecular flexibility index (Phi) is 5.18. The number of amides is 1. The topological polar surface area (TPSA) is 85.8 Å². The quantitative estimate of drug-likeness (QED) is 0.408. The first kappa shape index (κ1) is 20.6. The number of nitrogens with one attached hydrogen (secondary N) is 1. The highest BCUT2D eigenvalue weighted by Gasteiger charge is 2.20. The molecule has 0 aliphatic rings. The number of hydrogen-bond donors (Lipinski definition) is 1. The summed E-state index contributed by atoms with van der Waals surface area (Å²) in [6, 6.07) is 19.6. The predicted octanol–water partition coefficient (Wildman–Crippen LogP) is 5.15. The number of nitrogens with zero attached hydrogens (tertiary/aromatic N) is 4. The van der Waals surface area contributed by atoms with Crippen LogP contribution >= 0.6 is 0 Å². The second-order valence-corrected chi connectivity index (χ2v) is 7.82. The summed E-state index contributed by atoms with van der Waals surface area (Å²) < 4.78 is 20.5. The highest BCUT2D eigenvalue weighted by Crippen LogP contribution is 2.29. The summed E-state index contributed by atoms with van der Waals surface area (Å²) in [4.78, 5) is 17.2. The number of benzene rings is 3. The second kappa shape index (κ2) is 8.31. The minimum atomic E-state index is -0.349. The van der Waals surface area contributed by atoms with E-state index >= 15 is 0 Å². The molecule has 8 heteroatoms. The van der Waals surface area contributed by atoms with E-state index in [9.17, 15) is 9.18 Å². The fraction of sp³-hybridized carbons (Fsp3) is 0.120. The van der Waals surface area contributed by atoms with Gasteiger partial charge in [0.25, 0.3) is 5.89 Å². The van der Waals surface area contributed by atoms with Crippen molar-refractivity contribution in [2.75, 3.05) is 5.32 Å². The molecule has 2 aromatic heterocycles. The van der Waals surface area contributed by atoms with E-state index in [4.69, 9.17) is 4.52 Å². The van der Waals surface area contributed by atoms with E-state index in [1.54, 1.807) is 17.7 Å². The van der Waals surface area contributed by atoms with Gasteiger partial charge in [0, 0.05) is 16.6 Å². The van der Waals surface area contributed by atoms with E-state index in [0.29, 0.717) is 22.8 Å². The Morgan fingerprint density at radius 1 is 1.06 bits per heavy atom. The van der Waals surface area contributed by atoms with Crippen LogP contribution in [0.25, 0.3) is 33.9 Å². The van der Waals surface area contributed by atoms with Gasteiger partial charge >= 0.3 is 0 Å². The van der Waals surface area contributed by atoms with Crippen LogP contribution in [0.5, 0.6) is 0 Å². The number of halogens is 1. The zero-order valence-corrected chi connectivity index (χ0v) is 18.0. The number of rotatable bonds is 5. The van der Waals surface area contributed by atoms with Gasteiger partial charge in [0.1, 0.15) is 12.4 Å². The predicted molar refractivity (Wildman–Crippen MR) is 123 cm³/mol. The molecular formula is C25H20FN5O2. The molecular weight excluding hydrogens is 421 g/mol. The third-order valence-corrected chi connectivity index (χ3v) is 5.32. The monoisotopic (exact) mass is 441 g/mol. The number of carbonyl (C=O) groups is 1. The molecule has 0 bridgehead atoms. The van der Waals surface area contributed by atoms with Crippen molar-refractivity contribution in [2.24, 2.45) is 0 Å². The molecule has 0 atom stereocenters. The van der Waals surface area contributed by atoms with Crippen LogP contribution in [0.4, 0.5) is 10.1 Å². The van der Waals surface area contributed by atoms with E-state index in [2.05, 4.69) is 20.6 Å². The van der Waals surface area contributed by atoms with Gasteiger partial charge in [-0.05, 0) is 49.7 Å². The smallest absolute Gasteiger partial charge is 0.279 e. The molecule has 0 aliphatic heterocycles. The molecule has 0 aliphatic carbocycles. The summed E-state index contributed by atoms with van der Waals surface area (Å²) in [5.74, 6) is 0.112. The minimum Gasteiger partial charge on any atom is -0.332 e. The van der Waals surface area contributed by atoms with Gasteiger partial charge in [-0.2, -0.15) is 10.1 Å². The van der Waals surface area contributed by atoms with Crippen LogP contribution in [0.1, 0.15) is 11.1 Å². The number of hydrogen-bond acceptors (Lipinski definition) is 5. The lowest BCUT2D eigenvalue weighted by Gasteiger charge is -2.09. The van der Waals surface area contributed by atoms with Crippen LogP contribution in [-0.2, 0) is 11.3 Å². The fourth-order valence-corrected chi connectivity index (χ4v) is 3.72. The number of aryl methyl sites for hydroxylation is 2. The van der Waals surface area contributed by atoms with Crippen LogP contribution < -0.4 is 5.32 Å². The summed E-state index contributed by atoms with van der Waals surface area (Å²) in [7, 11) is 0. The number of anilines is 1. The van der Waals surface area contributed by atoms with E-state index in [-0.39, 0.29) is 24.2 Å². The molecule has 164 valence electrons. The molecule has 33 heavy (non-hydrogen) atoms. The Morgan fingerprint density at radius 3 is 2.73 bits per heavy atom. The molecule has 0 saturated heterocycles. The molecule has 0 radical (unpaired) electrons. The normalized spacial score (nSPS) is 11.1. The van der Waals surface area contributed by atoms with Crippen molar-refractivity contribution in [3.63, 3.8) is 0 Å². The Morgan fingerprint density at radius 2 is 1.91 bits per heavy atom. The average molecular weight is 441 g/mol. The second-order valence-electron chi connectivity index (χ2n) is 7.82. The first-order chi connectivity index (χ1) is 16.0. The van der Waals surface area contributed by atoms with Crippen LogP contribution in [-0.4, -0.2) is 25.8 Å². The van der Waals surface area contributed by atoms with E-state index in [1.807, 2.05) is 55.5 Å². The van der Waals surface area contributed by atoms with Gasteiger partial charge < -0.3 is 9.84 Å². The molecule has 5 rings (SSSR count). The molecule has 7 nitrogen and oxygen atoms in total. The van der Waals surface area contributed by atoms with E-state index < -0.39 is 0 Å². The SMILES string of the molecule is Cc1cccc(-c2noc(-c3nn(CC(=O)Nc4ccc(F)cc4C)c4ccccc34)n2)c1. The van der Waals surface area contributed by atoms with Gasteiger partial charge in [-0.3, -0.25) is 9.48 Å². The van der Waals surface area contributed by atoms with Crippen molar-refractivity contribution in [3.05, 3.63) is 83.7 Å². The number of aromatic nitrogens is 4. The average Bonchev–Trinajstić information content (AvgIpc) is 3.41. The maximum absolute atomic E-state index is 13.4. The molecule has 1 amide bonds. The summed E-state index contributed by atoms with van der Waals surface area (Å²) in [6.07, 6.45) is 0. The molecule has 0 fully saturated rings. The maximum Gasteiger partial charge on any atom is 0.279 e. The summed E-state index contributed by atoms with van der Waals surface area (Å²) >= 11 is 0.